The molecule has 0 amide bonds. The Morgan fingerprint density at radius 2 is 1.93 bits per heavy atom. The van der Waals surface area contributed by atoms with Crippen LogP contribution in [0, 0.1) is 0 Å². The standard InChI is InChI=1S/C20H17Cl2N3O5/c1-3-25-13(10-24-9-12(8-23-24)20(29)30-2)7-16(26)17(19(27)28)18(25)11-4-5-14(21)15(22)6-11/h4-9H,3,10H2,1-2H3,(H,27,28). The number of esters is 1. The van der Waals surface area contributed by atoms with Crippen LogP contribution in [0.4, 0.5) is 0 Å². The number of hydrogen-bond donors (Lipinski definition) is 1. The van der Waals surface area contributed by atoms with E-state index in [0.29, 0.717) is 22.8 Å². The molecule has 0 aliphatic rings. The third-order valence-electron chi connectivity index (χ3n) is 4.50. The van der Waals surface area contributed by atoms with Crippen molar-refractivity contribution in [3.05, 3.63) is 73.7 Å². The molecule has 0 fully saturated rings. The van der Waals surface area contributed by atoms with Crippen LogP contribution in [-0.2, 0) is 17.8 Å². The average Bonchev–Trinajstić information content (AvgIpc) is 3.17. The van der Waals surface area contributed by atoms with Crippen LogP contribution in [0.5, 0.6) is 0 Å². The van der Waals surface area contributed by atoms with E-state index in [9.17, 15) is 19.5 Å². The van der Waals surface area contributed by atoms with Crippen LogP contribution in [0.15, 0.2) is 41.5 Å². The highest BCUT2D eigenvalue weighted by atomic mass is 35.5. The van der Waals surface area contributed by atoms with Gasteiger partial charge in [0.1, 0.15) is 5.56 Å². The van der Waals surface area contributed by atoms with Gasteiger partial charge in [0, 0.05) is 30.1 Å². The SMILES string of the molecule is CCn1c(Cn2cc(C(=O)OC)cn2)cc(=O)c(C(=O)O)c1-c1ccc(Cl)c(Cl)c1. The van der Waals surface area contributed by atoms with Gasteiger partial charge in [0.15, 0.2) is 5.43 Å². The van der Waals surface area contributed by atoms with Crippen LogP contribution in [0.3, 0.4) is 0 Å². The van der Waals surface area contributed by atoms with E-state index < -0.39 is 17.4 Å². The minimum Gasteiger partial charge on any atom is -0.477 e. The summed E-state index contributed by atoms with van der Waals surface area (Å²) >= 11 is 12.1. The molecular formula is C20H17Cl2N3O5. The minimum absolute atomic E-state index is 0.133. The van der Waals surface area contributed by atoms with Crippen LogP contribution < -0.4 is 5.43 Å². The number of carbonyl (C=O) groups is 2. The number of carboxylic acids is 1. The molecular weight excluding hydrogens is 433 g/mol. The van der Waals surface area contributed by atoms with E-state index in [4.69, 9.17) is 23.2 Å². The van der Waals surface area contributed by atoms with Crippen molar-refractivity contribution in [1.29, 1.82) is 0 Å². The number of rotatable bonds is 6. The lowest BCUT2D eigenvalue weighted by Crippen LogP contribution is -2.24. The number of aromatic nitrogens is 3. The molecule has 1 N–H and O–H groups in total. The summed E-state index contributed by atoms with van der Waals surface area (Å²) in [5, 5.41) is 14.3. The second kappa shape index (κ2) is 8.73. The van der Waals surface area contributed by atoms with E-state index in [0.717, 1.165) is 0 Å². The average molecular weight is 450 g/mol. The van der Waals surface area contributed by atoms with E-state index in [1.165, 1.54) is 42.4 Å². The van der Waals surface area contributed by atoms with Crippen LogP contribution in [0.1, 0.15) is 33.3 Å². The highest BCUT2D eigenvalue weighted by Crippen LogP contribution is 2.30. The van der Waals surface area contributed by atoms with Crippen molar-refractivity contribution in [2.75, 3.05) is 7.11 Å². The molecule has 0 aliphatic carbocycles. The molecule has 0 saturated heterocycles. The fraction of sp³-hybridized carbons (Fsp3) is 0.200. The zero-order chi connectivity index (χ0) is 22.0. The Bertz CT molecular complexity index is 1200. The van der Waals surface area contributed by atoms with Crippen molar-refractivity contribution < 1.29 is 19.4 Å². The second-order valence-corrected chi connectivity index (χ2v) is 7.13. The first-order chi connectivity index (χ1) is 14.3. The molecule has 2 aromatic heterocycles. The summed E-state index contributed by atoms with van der Waals surface area (Å²) in [6.07, 6.45) is 2.84. The number of carbonyl (C=O) groups excluding carboxylic acids is 1. The maximum atomic E-state index is 12.7. The number of benzene rings is 1. The number of pyridine rings is 1. The van der Waals surface area contributed by atoms with Gasteiger partial charge < -0.3 is 14.4 Å². The maximum absolute atomic E-state index is 12.7. The molecule has 0 saturated carbocycles. The van der Waals surface area contributed by atoms with Crippen LogP contribution in [-0.4, -0.2) is 38.5 Å². The Labute approximate surface area is 181 Å². The Morgan fingerprint density at radius 3 is 2.53 bits per heavy atom. The monoisotopic (exact) mass is 449 g/mol. The topological polar surface area (TPSA) is 103 Å². The van der Waals surface area contributed by atoms with Crippen molar-refractivity contribution >= 4 is 35.1 Å². The normalized spacial score (nSPS) is 10.8. The molecule has 3 aromatic rings. The van der Waals surface area contributed by atoms with Gasteiger partial charge in [0.25, 0.3) is 0 Å². The summed E-state index contributed by atoms with van der Waals surface area (Å²) in [4.78, 5) is 36.2. The van der Waals surface area contributed by atoms with E-state index >= 15 is 0 Å². The lowest BCUT2D eigenvalue weighted by atomic mass is 10.0. The molecule has 0 atom stereocenters. The first-order valence-electron chi connectivity index (χ1n) is 8.83. The van der Waals surface area contributed by atoms with E-state index in [1.54, 1.807) is 10.6 Å². The van der Waals surface area contributed by atoms with Crippen LogP contribution in [0.2, 0.25) is 10.0 Å². The van der Waals surface area contributed by atoms with Crippen molar-refractivity contribution in [2.24, 2.45) is 0 Å². The van der Waals surface area contributed by atoms with E-state index in [1.807, 2.05) is 6.92 Å². The largest absolute Gasteiger partial charge is 0.477 e. The number of aromatic carboxylic acids is 1. The highest BCUT2D eigenvalue weighted by Gasteiger charge is 2.22. The van der Waals surface area contributed by atoms with Crippen molar-refractivity contribution in [1.82, 2.24) is 14.3 Å². The zero-order valence-corrected chi connectivity index (χ0v) is 17.6. The van der Waals surface area contributed by atoms with Gasteiger partial charge in [-0.1, -0.05) is 29.3 Å². The van der Waals surface area contributed by atoms with Gasteiger partial charge in [-0.3, -0.25) is 9.48 Å². The number of nitrogens with zero attached hydrogens (tertiary/aromatic N) is 3. The Balaban J connectivity index is 2.20. The molecule has 0 radical (unpaired) electrons. The van der Waals surface area contributed by atoms with E-state index in [-0.39, 0.29) is 28.4 Å². The quantitative estimate of drug-likeness (QED) is 0.576. The predicted octanol–water partition coefficient (Wildman–Crippen LogP) is 3.57. The summed E-state index contributed by atoms with van der Waals surface area (Å²) in [6.45, 7) is 2.33. The Morgan fingerprint density at radius 1 is 1.20 bits per heavy atom. The predicted molar refractivity (Wildman–Crippen MR) is 111 cm³/mol. The molecule has 0 unspecified atom stereocenters. The molecule has 30 heavy (non-hydrogen) atoms. The molecule has 0 spiro atoms. The third kappa shape index (κ3) is 4.10. The maximum Gasteiger partial charge on any atom is 0.341 e. The molecule has 0 aliphatic heterocycles. The van der Waals surface area contributed by atoms with Crippen LogP contribution in [0.25, 0.3) is 11.3 Å². The lowest BCUT2D eigenvalue weighted by molar-refractivity contribution is 0.0599. The minimum atomic E-state index is -1.35. The number of hydrogen-bond acceptors (Lipinski definition) is 5. The van der Waals surface area contributed by atoms with Gasteiger partial charge in [-0.05, 0) is 19.1 Å². The molecule has 2 heterocycles. The van der Waals surface area contributed by atoms with Gasteiger partial charge in [-0.2, -0.15) is 5.10 Å². The number of methoxy groups -OCH3 is 1. The first kappa shape index (κ1) is 21.6. The molecule has 8 nitrogen and oxygen atoms in total. The lowest BCUT2D eigenvalue weighted by Gasteiger charge is -2.20. The van der Waals surface area contributed by atoms with Crippen molar-refractivity contribution in [3.8, 4) is 11.3 Å². The molecule has 0 bridgehead atoms. The molecule has 1 aromatic carbocycles. The highest BCUT2D eigenvalue weighted by molar-refractivity contribution is 6.42. The van der Waals surface area contributed by atoms with Gasteiger partial charge in [0.2, 0.25) is 0 Å². The Hall–Kier alpha value is -3.10. The fourth-order valence-corrected chi connectivity index (χ4v) is 3.48. The summed E-state index contributed by atoms with van der Waals surface area (Å²) in [5.41, 5.74) is 0.408. The van der Waals surface area contributed by atoms with Crippen molar-refractivity contribution in [3.63, 3.8) is 0 Å². The number of halogens is 2. The summed E-state index contributed by atoms with van der Waals surface area (Å²) in [5.74, 6) is -1.88. The molecule has 3 rings (SSSR count). The summed E-state index contributed by atoms with van der Waals surface area (Å²) in [6, 6.07) is 5.92. The molecule has 10 heteroatoms. The second-order valence-electron chi connectivity index (χ2n) is 6.32. The number of carboxylic acid groups (broad SMARTS) is 1. The molecule has 156 valence electrons. The van der Waals surface area contributed by atoms with Gasteiger partial charge in [-0.25, -0.2) is 9.59 Å². The van der Waals surface area contributed by atoms with Gasteiger partial charge in [-0.15, -0.1) is 0 Å². The fourth-order valence-electron chi connectivity index (χ4n) is 3.18. The zero-order valence-electron chi connectivity index (χ0n) is 16.1. The van der Waals surface area contributed by atoms with Gasteiger partial charge >= 0.3 is 11.9 Å². The van der Waals surface area contributed by atoms with Crippen molar-refractivity contribution in [2.45, 2.75) is 20.0 Å². The van der Waals surface area contributed by atoms with Gasteiger partial charge in [0.05, 0.1) is 41.2 Å². The summed E-state index contributed by atoms with van der Waals surface area (Å²) in [7, 11) is 1.27. The Kier molecular flexibility index (Phi) is 6.28. The summed E-state index contributed by atoms with van der Waals surface area (Å²) < 4.78 is 7.83. The van der Waals surface area contributed by atoms with E-state index in [2.05, 4.69) is 9.84 Å². The number of ether oxygens (including phenoxy) is 1. The first-order valence-corrected chi connectivity index (χ1v) is 9.58. The smallest absolute Gasteiger partial charge is 0.341 e. The third-order valence-corrected chi connectivity index (χ3v) is 5.24. The van der Waals surface area contributed by atoms with Crippen LogP contribution >= 0.6 is 23.2 Å².